The molecule has 1 atom stereocenters. The monoisotopic (exact) mass is 371 g/mol. The van der Waals surface area contributed by atoms with Gasteiger partial charge in [0.2, 0.25) is 0 Å². The van der Waals surface area contributed by atoms with Gasteiger partial charge in [-0.25, -0.2) is 0 Å². The number of rotatable bonds is 7. The van der Waals surface area contributed by atoms with E-state index in [0.717, 1.165) is 39.1 Å². The predicted molar refractivity (Wildman–Crippen MR) is 115 cm³/mol. The summed E-state index contributed by atoms with van der Waals surface area (Å²) in [7, 11) is 0. The molecule has 144 valence electrons. The van der Waals surface area contributed by atoms with Crippen molar-refractivity contribution in [2.24, 2.45) is 0 Å². The molecule has 0 aliphatic carbocycles. The molecule has 1 saturated heterocycles. The van der Waals surface area contributed by atoms with Crippen LogP contribution in [-0.4, -0.2) is 40.5 Å². The average Bonchev–Trinajstić information content (AvgIpc) is 2.76. The summed E-state index contributed by atoms with van der Waals surface area (Å²) in [5.41, 5.74) is 4.20. The second-order valence-electron chi connectivity index (χ2n) is 7.72. The number of benzene rings is 2. The van der Waals surface area contributed by atoms with Crippen LogP contribution >= 0.6 is 0 Å². The highest BCUT2D eigenvalue weighted by Gasteiger charge is 2.26. The first kappa shape index (κ1) is 18.9. The maximum absolute atomic E-state index is 4.15. The van der Waals surface area contributed by atoms with Crippen LogP contribution in [0.1, 0.15) is 23.1 Å². The summed E-state index contributed by atoms with van der Waals surface area (Å²) in [5.74, 6) is 0. The van der Waals surface area contributed by atoms with Gasteiger partial charge in [0, 0.05) is 51.2 Å². The molecular formula is C25H29N3. The SMILES string of the molecule is c1ccc(CN2CCN(Cc3ccccc3)C(CCc3ccncc3)C2)cc1. The molecule has 2 aromatic carbocycles. The Morgan fingerprint density at radius 2 is 1.36 bits per heavy atom. The highest BCUT2D eigenvalue weighted by molar-refractivity contribution is 5.16. The second-order valence-corrected chi connectivity index (χ2v) is 7.72. The molecule has 0 spiro atoms. The van der Waals surface area contributed by atoms with E-state index >= 15 is 0 Å². The van der Waals surface area contributed by atoms with Crippen molar-refractivity contribution < 1.29 is 0 Å². The molecule has 0 amide bonds. The molecule has 1 fully saturated rings. The Morgan fingerprint density at radius 3 is 2.04 bits per heavy atom. The Morgan fingerprint density at radius 1 is 0.714 bits per heavy atom. The van der Waals surface area contributed by atoms with Crippen molar-refractivity contribution in [1.82, 2.24) is 14.8 Å². The molecule has 28 heavy (non-hydrogen) atoms. The van der Waals surface area contributed by atoms with Crippen LogP contribution in [0.5, 0.6) is 0 Å². The minimum Gasteiger partial charge on any atom is -0.296 e. The molecule has 4 rings (SSSR count). The van der Waals surface area contributed by atoms with Gasteiger partial charge in [0.1, 0.15) is 0 Å². The summed E-state index contributed by atoms with van der Waals surface area (Å²) >= 11 is 0. The number of nitrogens with zero attached hydrogens (tertiary/aromatic N) is 3. The molecule has 1 aromatic heterocycles. The van der Waals surface area contributed by atoms with Gasteiger partial charge >= 0.3 is 0 Å². The molecule has 2 heterocycles. The summed E-state index contributed by atoms with van der Waals surface area (Å²) in [4.78, 5) is 9.45. The van der Waals surface area contributed by atoms with Gasteiger partial charge in [-0.3, -0.25) is 14.8 Å². The third-order valence-electron chi connectivity index (χ3n) is 5.68. The molecule has 3 aromatic rings. The molecule has 0 radical (unpaired) electrons. The van der Waals surface area contributed by atoms with Crippen molar-refractivity contribution in [1.29, 1.82) is 0 Å². The van der Waals surface area contributed by atoms with Gasteiger partial charge in [0.25, 0.3) is 0 Å². The highest BCUT2D eigenvalue weighted by Crippen LogP contribution is 2.20. The van der Waals surface area contributed by atoms with E-state index in [9.17, 15) is 0 Å². The van der Waals surface area contributed by atoms with Crippen LogP contribution in [0.15, 0.2) is 85.2 Å². The summed E-state index contributed by atoms with van der Waals surface area (Å²) in [6.07, 6.45) is 6.10. The summed E-state index contributed by atoms with van der Waals surface area (Å²) in [6.45, 7) is 5.48. The zero-order valence-electron chi connectivity index (χ0n) is 16.5. The summed E-state index contributed by atoms with van der Waals surface area (Å²) < 4.78 is 0. The molecule has 0 N–H and O–H groups in total. The normalized spacial score (nSPS) is 18.2. The molecule has 1 aliphatic heterocycles. The molecule has 0 saturated carbocycles. The van der Waals surface area contributed by atoms with E-state index in [4.69, 9.17) is 0 Å². The molecule has 1 aliphatic rings. The lowest BCUT2D eigenvalue weighted by atomic mass is 10.0. The topological polar surface area (TPSA) is 19.4 Å². The molecule has 3 nitrogen and oxygen atoms in total. The van der Waals surface area contributed by atoms with E-state index in [2.05, 4.69) is 87.6 Å². The quantitative estimate of drug-likeness (QED) is 0.614. The van der Waals surface area contributed by atoms with Crippen LogP contribution in [-0.2, 0) is 19.5 Å². The minimum atomic E-state index is 0.575. The van der Waals surface area contributed by atoms with Crippen molar-refractivity contribution in [2.45, 2.75) is 32.0 Å². The van der Waals surface area contributed by atoms with Gasteiger partial charge in [0.15, 0.2) is 0 Å². The van der Waals surface area contributed by atoms with Crippen LogP contribution in [0.2, 0.25) is 0 Å². The number of pyridine rings is 1. The van der Waals surface area contributed by atoms with Crippen molar-refractivity contribution in [2.75, 3.05) is 19.6 Å². The van der Waals surface area contributed by atoms with Crippen LogP contribution in [0, 0.1) is 0 Å². The zero-order valence-corrected chi connectivity index (χ0v) is 16.5. The smallest absolute Gasteiger partial charge is 0.0270 e. The van der Waals surface area contributed by atoms with E-state index in [1.54, 1.807) is 0 Å². The summed E-state index contributed by atoms with van der Waals surface area (Å²) in [5, 5.41) is 0. The minimum absolute atomic E-state index is 0.575. The van der Waals surface area contributed by atoms with E-state index in [-0.39, 0.29) is 0 Å². The zero-order chi connectivity index (χ0) is 19.0. The Hall–Kier alpha value is -2.49. The fraction of sp³-hybridized carbons (Fsp3) is 0.320. The van der Waals surface area contributed by atoms with Gasteiger partial charge < -0.3 is 0 Å². The van der Waals surface area contributed by atoms with Crippen molar-refractivity contribution >= 4 is 0 Å². The first-order valence-corrected chi connectivity index (χ1v) is 10.3. The van der Waals surface area contributed by atoms with E-state index in [1.165, 1.54) is 23.1 Å². The van der Waals surface area contributed by atoms with Gasteiger partial charge in [-0.2, -0.15) is 0 Å². The molecule has 3 heteroatoms. The Bertz CT molecular complexity index is 820. The summed E-state index contributed by atoms with van der Waals surface area (Å²) in [6, 6.07) is 26.6. The van der Waals surface area contributed by atoms with Gasteiger partial charge in [-0.15, -0.1) is 0 Å². The average molecular weight is 372 g/mol. The highest BCUT2D eigenvalue weighted by atomic mass is 15.3. The van der Waals surface area contributed by atoms with Crippen molar-refractivity contribution in [3.05, 3.63) is 102 Å². The maximum atomic E-state index is 4.15. The fourth-order valence-electron chi connectivity index (χ4n) is 4.13. The third kappa shape index (κ3) is 5.28. The van der Waals surface area contributed by atoms with Gasteiger partial charge in [0.05, 0.1) is 0 Å². The van der Waals surface area contributed by atoms with Gasteiger partial charge in [-0.05, 0) is 41.7 Å². The van der Waals surface area contributed by atoms with Crippen LogP contribution in [0.25, 0.3) is 0 Å². The predicted octanol–water partition coefficient (Wildman–Crippen LogP) is 4.40. The second kappa shape index (κ2) is 9.63. The lowest BCUT2D eigenvalue weighted by Gasteiger charge is -2.42. The Balaban J connectivity index is 1.43. The van der Waals surface area contributed by atoms with E-state index in [1.807, 2.05) is 12.4 Å². The lowest BCUT2D eigenvalue weighted by Crippen LogP contribution is -2.52. The van der Waals surface area contributed by atoms with Crippen LogP contribution in [0.4, 0.5) is 0 Å². The van der Waals surface area contributed by atoms with Crippen molar-refractivity contribution in [3.8, 4) is 0 Å². The number of hydrogen-bond donors (Lipinski definition) is 0. The maximum Gasteiger partial charge on any atom is 0.0270 e. The number of aryl methyl sites for hydroxylation is 1. The van der Waals surface area contributed by atoms with Crippen LogP contribution in [0.3, 0.4) is 0 Å². The van der Waals surface area contributed by atoms with Crippen LogP contribution < -0.4 is 0 Å². The largest absolute Gasteiger partial charge is 0.296 e. The number of hydrogen-bond acceptors (Lipinski definition) is 3. The molecule has 1 unspecified atom stereocenters. The standard InChI is InChI=1S/C25H29N3/c1-3-7-23(8-4-1)19-27-17-18-28(20-24-9-5-2-6-10-24)25(21-27)12-11-22-13-15-26-16-14-22/h1-10,13-16,25H,11-12,17-21H2. The first-order valence-electron chi connectivity index (χ1n) is 10.3. The van der Waals surface area contributed by atoms with Gasteiger partial charge in [-0.1, -0.05) is 60.7 Å². The number of aromatic nitrogens is 1. The van der Waals surface area contributed by atoms with E-state index < -0.39 is 0 Å². The Labute approximate surface area is 168 Å². The van der Waals surface area contributed by atoms with E-state index in [0.29, 0.717) is 6.04 Å². The molecular weight excluding hydrogens is 342 g/mol. The fourth-order valence-corrected chi connectivity index (χ4v) is 4.13. The third-order valence-corrected chi connectivity index (χ3v) is 5.68. The molecule has 0 bridgehead atoms. The first-order chi connectivity index (χ1) is 13.9. The Kier molecular flexibility index (Phi) is 6.48. The van der Waals surface area contributed by atoms with Crippen molar-refractivity contribution in [3.63, 3.8) is 0 Å². The number of piperazine rings is 1. The lowest BCUT2D eigenvalue weighted by molar-refractivity contribution is 0.0597.